The Hall–Kier alpha value is 2.22. The van der Waals surface area contributed by atoms with E-state index in [1.54, 1.807) is 0 Å². The zero-order valence-corrected chi connectivity index (χ0v) is 16.7. The molecule has 10 nitrogen and oxygen atoms in total. The molecule has 0 spiro atoms. The average molecular weight is 341 g/mol. The Kier molecular flexibility index (Phi) is 21.4. The predicted molar refractivity (Wildman–Crippen MR) is 41.0 cm³/mol. The maximum absolute atomic E-state index is 9.47. The first-order chi connectivity index (χ1) is 6.48. The molecule has 0 unspecified atom stereocenters. The number of carbonyl (C=O) groups is 1. The van der Waals surface area contributed by atoms with E-state index in [9.17, 15) is 30.7 Å². The summed E-state index contributed by atoms with van der Waals surface area (Å²) in [7, 11) is -10.6. The van der Waals surface area contributed by atoms with Gasteiger partial charge in [0.2, 0.25) is 26.7 Å². The molecule has 0 aliphatic rings. The van der Waals surface area contributed by atoms with E-state index in [2.05, 4.69) is 21.0 Å². The zero-order valence-electron chi connectivity index (χ0n) is 8.85. The van der Waals surface area contributed by atoms with Crippen molar-refractivity contribution in [2.24, 2.45) is 5.73 Å². The van der Waals surface area contributed by atoms with Crippen molar-refractivity contribution in [2.75, 3.05) is 0 Å². The monoisotopic (exact) mass is 341 g/mol. The fourth-order valence-electron chi connectivity index (χ4n) is 0.0680. The molecule has 1 amide bonds. The third-order valence-corrected chi connectivity index (χ3v) is 0.951. The third kappa shape index (κ3) is 38.1. The molecule has 0 aromatic carbocycles. The van der Waals surface area contributed by atoms with E-state index >= 15 is 0 Å². The van der Waals surface area contributed by atoms with Crippen LogP contribution in [0.3, 0.4) is 0 Å². The summed E-state index contributed by atoms with van der Waals surface area (Å²) in [4.78, 5) is 9.47. The van der Waals surface area contributed by atoms with E-state index in [1.807, 2.05) is 0 Å². The van der Waals surface area contributed by atoms with Crippen molar-refractivity contribution in [3.63, 3.8) is 0 Å². The Morgan fingerprint density at radius 2 is 1.24 bits per heavy atom. The van der Waals surface area contributed by atoms with Gasteiger partial charge in [-0.15, -0.1) is 8.67 Å². The van der Waals surface area contributed by atoms with Crippen LogP contribution in [-0.4, -0.2) is 31.8 Å². The van der Waals surface area contributed by atoms with Crippen LogP contribution in [0.2, 0.25) is 0 Å². The van der Waals surface area contributed by atoms with Crippen LogP contribution in [0.4, 0.5) is 0 Å². The van der Waals surface area contributed by atoms with Gasteiger partial charge >= 0.3 is 103 Å². The zero-order chi connectivity index (χ0) is 12.7. The largest absolute Gasteiger partial charge is 1.00 e. The van der Waals surface area contributed by atoms with Gasteiger partial charge in [-0.2, -0.15) is 0 Å². The van der Waals surface area contributed by atoms with Gasteiger partial charge in [0.25, 0.3) is 0 Å². The number of nitrogens with two attached hydrogens (primary N) is 1. The van der Waals surface area contributed by atoms with Crippen LogP contribution < -0.4 is 109 Å². The Morgan fingerprint density at radius 3 is 1.29 bits per heavy atom. The Labute approximate surface area is 183 Å². The van der Waals surface area contributed by atoms with Crippen LogP contribution in [0.15, 0.2) is 12.7 Å². The van der Waals surface area contributed by atoms with Gasteiger partial charge in [-0.25, -0.2) is 16.8 Å². The summed E-state index contributed by atoms with van der Waals surface area (Å²) >= 11 is 0. The van der Waals surface area contributed by atoms with Crippen molar-refractivity contribution >= 4 is 26.7 Å². The van der Waals surface area contributed by atoms with E-state index < -0.39 is 26.7 Å². The second kappa shape index (κ2) is 13.2. The van der Waals surface area contributed by atoms with Gasteiger partial charge in [-0.05, 0) is 6.08 Å². The molecule has 0 atom stereocenters. The molecular formula is C3H5K2NO9S2. The topological polar surface area (TPSA) is 176 Å². The van der Waals surface area contributed by atoms with Crippen LogP contribution in [0.25, 0.3) is 0 Å². The van der Waals surface area contributed by atoms with Crippen molar-refractivity contribution in [1.29, 1.82) is 0 Å². The molecule has 0 bridgehead atoms. The molecule has 0 saturated heterocycles. The minimum absolute atomic E-state index is 0. The molecule has 0 radical (unpaired) electrons. The van der Waals surface area contributed by atoms with Gasteiger partial charge < -0.3 is 14.8 Å². The van der Waals surface area contributed by atoms with Crippen LogP contribution in [0.1, 0.15) is 0 Å². The summed E-state index contributed by atoms with van der Waals surface area (Å²) in [6.07, 6.45) is 1.06. The first kappa shape index (κ1) is 27.5. The number of carbonyl (C=O) groups excluding carboxylic acids is 1. The molecule has 0 aliphatic carbocycles. The van der Waals surface area contributed by atoms with Crippen LogP contribution in [-0.2, 0) is 34.3 Å². The van der Waals surface area contributed by atoms with Gasteiger partial charge in [0.15, 0.2) is 0 Å². The maximum Gasteiger partial charge on any atom is 1.00 e. The summed E-state index contributed by atoms with van der Waals surface area (Å²) in [5, 5.41) is 0. The standard InChI is InChI=1S/C3H5NO.2K.H2O8S2/c1-2-3(4)5;;;1-9(2,3)7-8-10(4,5)6/h2H,1H2,(H2,4,5);;;(H,1,2,3)(H,4,5,6)/q;2*+1;/p-2. The first-order valence-corrected chi connectivity index (χ1v) is 5.36. The molecular weight excluding hydrogens is 336 g/mol. The molecule has 0 heterocycles. The second-order valence-electron chi connectivity index (χ2n) is 1.56. The molecule has 0 rings (SSSR count). The van der Waals surface area contributed by atoms with Gasteiger partial charge in [-0.1, -0.05) is 6.58 Å². The molecule has 0 saturated carbocycles. The summed E-state index contributed by atoms with van der Waals surface area (Å²) in [5.41, 5.74) is 4.53. The van der Waals surface area contributed by atoms with Gasteiger partial charge in [-0.3, -0.25) is 4.79 Å². The fraction of sp³-hybridized carbons (Fsp3) is 0. The van der Waals surface area contributed by atoms with E-state index in [0.29, 0.717) is 0 Å². The number of amides is 1. The summed E-state index contributed by atoms with van der Waals surface area (Å²) in [5.74, 6) is -0.481. The number of hydrogen-bond acceptors (Lipinski definition) is 9. The SMILES string of the molecule is C=CC(N)=O.O=S(=O)([O-])OOS(=O)(=O)[O-].[K+].[K+]. The number of primary amides is 1. The summed E-state index contributed by atoms with van der Waals surface area (Å²) in [6.45, 7) is 3.09. The van der Waals surface area contributed by atoms with Crippen LogP contribution >= 0.6 is 0 Å². The van der Waals surface area contributed by atoms with Gasteiger partial charge in [0.05, 0.1) is 0 Å². The first-order valence-electron chi connectivity index (χ1n) is 2.69. The Bertz CT molecular complexity index is 382. The van der Waals surface area contributed by atoms with E-state index in [4.69, 9.17) is 0 Å². The van der Waals surface area contributed by atoms with E-state index in [0.717, 1.165) is 6.08 Å². The van der Waals surface area contributed by atoms with Crippen LogP contribution in [0, 0.1) is 0 Å². The molecule has 2 N–H and O–H groups in total. The molecule has 90 valence electrons. The van der Waals surface area contributed by atoms with Crippen molar-refractivity contribution < 1.29 is 142 Å². The van der Waals surface area contributed by atoms with Crippen molar-refractivity contribution in [3.05, 3.63) is 12.7 Å². The van der Waals surface area contributed by atoms with Crippen molar-refractivity contribution in [3.8, 4) is 0 Å². The summed E-state index contributed by atoms with van der Waals surface area (Å²) < 4.78 is 61.5. The minimum atomic E-state index is -5.31. The number of hydrogen-bond donors (Lipinski definition) is 1. The van der Waals surface area contributed by atoms with Crippen LogP contribution in [0.5, 0.6) is 0 Å². The molecule has 0 fully saturated rings. The van der Waals surface area contributed by atoms with Gasteiger partial charge in [0, 0.05) is 0 Å². The Balaban J connectivity index is -0.000000105. The Morgan fingerprint density at radius 1 is 1.06 bits per heavy atom. The number of rotatable bonds is 4. The average Bonchev–Trinajstić information content (AvgIpc) is 2.00. The third-order valence-electron chi connectivity index (χ3n) is 0.396. The van der Waals surface area contributed by atoms with E-state index in [1.165, 1.54) is 0 Å². The van der Waals surface area contributed by atoms with Gasteiger partial charge in [0.1, 0.15) is 0 Å². The molecule has 0 aromatic heterocycles. The minimum Gasteiger partial charge on any atom is -0.724 e. The molecule has 17 heavy (non-hydrogen) atoms. The molecule has 0 aromatic rings. The second-order valence-corrected chi connectivity index (χ2v) is 3.46. The fourth-order valence-corrected chi connectivity index (χ4v) is 0.612. The van der Waals surface area contributed by atoms with Crippen molar-refractivity contribution in [1.82, 2.24) is 0 Å². The predicted octanol–water partition coefficient (Wildman–Crippen LogP) is -8.48. The molecule has 14 heteroatoms. The normalized spacial score (nSPS) is 9.76. The summed E-state index contributed by atoms with van der Waals surface area (Å²) in [6, 6.07) is 0. The smallest absolute Gasteiger partial charge is 0.724 e. The maximum atomic E-state index is 9.47. The quantitative estimate of drug-likeness (QED) is 0.130. The van der Waals surface area contributed by atoms with E-state index in [-0.39, 0.29) is 103 Å². The molecule has 0 aliphatic heterocycles. The van der Waals surface area contributed by atoms with Crippen molar-refractivity contribution in [2.45, 2.75) is 0 Å².